The predicted molar refractivity (Wildman–Crippen MR) is 98.8 cm³/mol. The molecule has 3 rings (SSSR count). The number of rotatable bonds is 2. The fourth-order valence-corrected chi connectivity index (χ4v) is 3.97. The van der Waals surface area contributed by atoms with Gasteiger partial charge in [0.1, 0.15) is 0 Å². The van der Waals surface area contributed by atoms with E-state index in [1.54, 1.807) is 0 Å². The topological polar surface area (TPSA) is 63.1 Å². The zero-order valence-electron chi connectivity index (χ0n) is 16.0. The predicted octanol–water partition coefficient (Wildman–Crippen LogP) is 3.73. The van der Waals surface area contributed by atoms with Crippen LogP contribution in [0.5, 0.6) is 0 Å². The van der Waals surface area contributed by atoms with Gasteiger partial charge in [-0.25, -0.2) is 4.79 Å². The van der Waals surface area contributed by atoms with Crippen LogP contribution in [-0.2, 0) is 7.05 Å². The smallest absolute Gasteiger partial charge is 0.317 e. The minimum absolute atomic E-state index is 0.0537. The molecule has 25 heavy (non-hydrogen) atoms. The highest BCUT2D eigenvalue weighted by Crippen LogP contribution is 2.36. The molecule has 1 fully saturated rings. The fourth-order valence-electron chi connectivity index (χ4n) is 3.97. The highest BCUT2D eigenvalue weighted by molar-refractivity contribution is 5.91. The number of pyridine rings is 1. The number of nitrogens with one attached hydrogen (secondary N) is 1. The van der Waals surface area contributed by atoms with Gasteiger partial charge in [0, 0.05) is 30.5 Å². The maximum Gasteiger partial charge on any atom is 0.322 e. The van der Waals surface area contributed by atoms with Crippen molar-refractivity contribution < 1.29 is 4.79 Å². The second kappa shape index (κ2) is 6.50. The molecule has 1 N–H and O–H groups in total. The quantitative estimate of drug-likeness (QED) is 0.905. The normalized spacial score (nSPS) is 17.2. The summed E-state index contributed by atoms with van der Waals surface area (Å²) in [6, 6.07) is 2.04. The van der Waals surface area contributed by atoms with Crippen molar-refractivity contribution in [1.82, 2.24) is 19.7 Å². The van der Waals surface area contributed by atoms with Crippen LogP contribution in [0.3, 0.4) is 0 Å². The van der Waals surface area contributed by atoms with E-state index < -0.39 is 0 Å². The van der Waals surface area contributed by atoms with Crippen LogP contribution in [0.4, 0.5) is 10.5 Å². The third-order valence-corrected chi connectivity index (χ3v) is 5.17. The lowest BCUT2D eigenvalue weighted by molar-refractivity contribution is 0.206. The van der Waals surface area contributed by atoms with Crippen molar-refractivity contribution in [1.29, 1.82) is 0 Å². The van der Waals surface area contributed by atoms with Crippen molar-refractivity contribution >= 4 is 11.7 Å². The summed E-state index contributed by atoms with van der Waals surface area (Å²) in [6.07, 6.45) is 1.99. The van der Waals surface area contributed by atoms with Crippen molar-refractivity contribution in [2.24, 2.45) is 7.05 Å². The Hall–Kier alpha value is -2.37. The van der Waals surface area contributed by atoms with Crippen LogP contribution < -0.4 is 5.32 Å². The third kappa shape index (κ3) is 3.13. The van der Waals surface area contributed by atoms with E-state index in [0.717, 1.165) is 53.4 Å². The number of hydrogen-bond acceptors (Lipinski definition) is 3. The number of carbonyl (C=O) groups excluding carboxylic acids is 1. The monoisotopic (exact) mass is 341 g/mol. The molecule has 1 atom stereocenters. The number of anilines is 1. The zero-order chi connectivity index (χ0) is 18.3. The average Bonchev–Trinajstić information content (AvgIpc) is 3.08. The van der Waals surface area contributed by atoms with Crippen LogP contribution >= 0.6 is 0 Å². The fraction of sp³-hybridized carbons (Fsp3) is 0.526. The summed E-state index contributed by atoms with van der Waals surface area (Å²) in [5, 5.41) is 7.61. The first-order chi connectivity index (χ1) is 11.8. The molecule has 0 radical (unpaired) electrons. The maximum absolute atomic E-state index is 13.0. The van der Waals surface area contributed by atoms with Gasteiger partial charge in [0.2, 0.25) is 0 Å². The molecule has 0 aliphatic carbocycles. The molecule has 1 unspecified atom stereocenters. The van der Waals surface area contributed by atoms with Crippen molar-refractivity contribution in [2.75, 3.05) is 11.9 Å². The van der Waals surface area contributed by atoms with E-state index >= 15 is 0 Å². The van der Waals surface area contributed by atoms with Gasteiger partial charge in [0.05, 0.1) is 23.1 Å². The minimum atomic E-state index is -0.0537. The number of likely N-dealkylation sites (tertiary alicyclic amines) is 1. The second-order valence-corrected chi connectivity index (χ2v) is 7.03. The molecule has 1 aliphatic heterocycles. The highest BCUT2D eigenvalue weighted by Gasteiger charge is 2.33. The summed E-state index contributed by atoms with van der Waals surface area (Å²) in [6.45, 7) is 10.8. The molecule has 1 saturated heterocycles. The maximum atomic E-state index is 13.0. The molecular weight excluding hydrogens is 314 g/mol. The SMILES string of the molecule is Cc1cc(C)c(NC(=O)N2CCCC2c2c(C)nn(C)c2C)c(C)n1. The Morgan fingerprint density at radius 1 is 1.20 bits per heavy atom. The van der Waals surface area contributed by atoms with E-state index in [1.807, 2.05) is 50.4 Å². The number of carbonyl (C=O) groups is 1. The lowest BCUT2D eigenvalue weighted by Gasteiger charge is -2.26. The van der Waals surface area contributed by atoms with E-state index in [4.69, 9.17) is 0 Å². The number of hydrogen-bond donors (Lipinski definition) is 1. The van der Waals surface area contributed by atoms with Crippen molar-refractivity contribution in [3.05, 3.63) is 40.0 Å². The van der Waals surface area contributed by atoms with E-state index in [2.05, 4.69) is 22.3 Å². The first-order valence-corrected chi connectivity index (χ1v) is 8.82. The van der Waals surface area contributed by atoms with Gasteiger partial charge in [0.25, 0.3) is 0 Å². The van der Waals surface area contributed by atoms with Gasteiger partial charge in [-0.05, 0) is 59.1 Å². The van der Waals surface area contributed by atoms with Gasteiger partial charge in [0.15, 0.2) is 0 Å². The molecule has 2 amide bonds. The lowest BCUT2D eigenvalue weighted by atomic mass is 10.0. The molecule has 2 aromatic heterocycles. The molecule has 0 aromatic carbocycles. The number of urea groups is 1. The second-order valence-electron chi connectivity index (χ2n) is 7.03. The average molecular weight is 341 g/mol. The molecule has 0 bridgehead atoms. The lowest BCUT2D eigenvalue weighted by Crippen LogP contribution is -2.35. The summed E-state index contributed by atoms with van der Waals surface area (Å²) < 4.78 is 1.90. The van der Waals surface area contributed by atoms with E-state index in [0.29, 0.717) is 0 Å². The van der Waals surface area contributed by atoms with Gasteiger partial charge in [-0.2, -0.15) is 5.10 Å². The Kier molecular flexibility index (Phi) is 4.54. The van der Waals surface area contributed by atoms with Gasteiger partial charge in [-0.1, -0.05) is 0 Å². The Labute approximate surface area is 149 Å². The van der Waals surface area contributed by atoms with Crippen LogP contribution in [-0.4, -0.2) is 32.2 Å². The van der Waals surface area contributed by atoms with Gasteiger partial charge in [-0.15, -0.1) is 0 Å². The number of amides is 2. The van der Waals surface area contributed by atoms with Crippen molar-refractivity contribution in [2.45, 2.75) is 53.5 Å². The molecule has 6 nitrogen and oxygen atoms in total. The first kappa shape index (κ1) is 17.5. The zero-order valence-corrected chi connectivity index (χ0v) is 16.0. The Morgan fingerprint density at radius 3 is 2.52 bits per heavy atom. The summed E-state index contributed by atoms with van der Waals surface area (Å²) in [7, 11) is 1.95. The van der Waals surface area contributed by atoms with Crippen LogP contribution in [0, 0.1) is 34.6 Å². The van der Waals surface area contributed by atoms with E-state index in [-0.39, 0.29) is 12.1 Å². The van der Waals surface area contributed by atoms with Crippen LogP contribution in [0.1, 0.15) is 52.8 Å². The molecule has 134 valence electrons. The summed E-state index contributed by atoms with van der Waals surface area (Å²) in [4.78, 5) is 19.4. The Bertz CT molecular complexity index is 800. The molecule has 6 heteroatoms. The van der Waals surface area contributed by atoms with E-state index in [1.165, 1.54) is 5.56 Å². The van der Waals surface area contributed by atoms with Crippen LogP contribution in [0.2, 0.25) is 0 Å². The summed E-state index contributed by atoms with van der Waals surface area (Å²) in [5.41, 5.74) is 7.01. The minimum Gasteiger partial charge on any atom is -0.317 e. The molecule has 2 aromatic rings. The van der Waals surface area contributed by atoms with Crippen LogP contribution in [0.15, 0.2) is 6.07 Å². The van der Waals surface area contributed by atoms with Gasteiger partial charge < -0.3 is 10.2 Å². The summed E-state index contributed by atoms with van der Waals surface area (Å²) in [5.74, 6) is 0. The Morgan fingerprint density at radius 2 is 1.92 bits per heavy atom. The van der Waals surface area contributed by atoms with Gasteiger partial charge in [-0.3, -0.25) is 9.67 Å². The molecular formula is C19H27N5O. The molecule has 0 spiro atoms. The Balaban J connectivity index is 1.87. The van der Waals surface area contributed by atoms with E-state index in [9.17, 15) is 4.79 Å². The number of nitrogens with zero attached hydrogens (tertiary/aromatic N) is 4. The molecule has 0 saturated carbocycles. The van der Waals surface area contributed by atoms with Crippen LogP contribution in [0.25, 0.3) is 0 Å². The molecule has 3 heterocycles. The summed E-state index contributed by atoms with van der Waals surface area (Å²) >= 11 is 0. The third-order valence-electron chi connectivity index (χ3n) is 5.17. The van der Waals surface area contributed by atoms with Crippen molar-refractivity contribution in [3.8, 4) is 0 Å². The number of aromatic nitrogens is 3. The standard InChI is InChI=1S/C19H27N5O/c1-11-10-12(2)20-14(4)18(11)21-19(25)24-9-7-8-16(24)17-13(3)22-23(6)15(17)5/h10,16H,7-9H2,1-6H3,(H,21,25). The van der Waals surface area contributed by atoms with Gasteiger partial charge >= 0.3 is 6.03 Å². The first-order valence-electron chi connectivity index (χ1n) is 8.82. The van der Waals surface area contributed by atoms with Crippen molar-refractivity contribution in [3.63, 3.8) is 0 Å². The highest BCUT2D eigenvalue weighted by atomic mass is 16.2. The number of aryl methyl sites for hydroxylation is 5. The molecule has 1 aliphatic rings. The largest absolute Gasteiger partial charge is 0.322 e.